The van der Waals surface area contributed by atoms with Crippen LogP contribution in [0.3, 0.4) is 0 Å². The molecule has 12 heavy (non-hydrogen) atoms. The lowest BCUT2D eigenvalue weighted by Gasteiger charge is -2.26. The quantitative estimate of drug-likeness (QED) is 0.640. The van der Waals surface area contributed by atoms with Crippen molar-refractivity contribution in [3.8, 4) is 0 Å². The van der Waals surface area contributed by atoms with Crippen LogP contribution in [0.5, 0.6) is 0 Å². The van der Waals surface area contributed by atoms with E-state index < -0.39 is 0 Å². The third-order valence-electron chi connectivity index (χ3n) is 3.01. The first-order valence-electron chi connectivity index (χ1n) is 5.04. The number of methoxy groups -OCH3 is 1. The molecule has 2 heteroatoms. The molecule has 1 rings (SSSR count). The second kappa shape index (κ2) is 4.24. The van der Waals surface area contributed by atoms with Gasteiger partial charge in [0.2, 0.25) is 0 Å². The maximum absolute atomic E-state index is 5.58. The van der Waals surface area contributed by atoms with Crippen LogP contribution in [-0.2, 0) is 4.74 Å². The van der Waals surface area contributed by atoms with Gasteiger partial charge < -0.3 is 9.64 Å². The second-order valence-corrected chi connectivity index (χ2v) is 3.77. The van der Waals surface area contributed by atoms with E-state index in [0.29, 0.717) is 0 Å². The lowest BCUT2D eigenvalue weighted by atomic mass is 10.00. The Morgan fingerprint density at radius 2 is 2.17 bits per heavy atom. The van der Waals surface area contributed by atoms with Crippen LogP contribution in [0.1, 0.15) is 33.1 Å². The van der Waals surface area contributed by atoms with Crippen molar-refractivity contribution in [3.63, 3.8) is 0 Å². The van der Waals surface area contributed by atoms with Crippen molar-refractivity contribution < 1.29 is 4.74 Å². The molecule has 0 saturated carbocycles. The molecular formula is C10H21NO. The minimum atomic E-state index is 0.176. The zero-order valence-corrected chi connectivity index (χ0v) is 8.60. The van der Waals surface area contributed by atoms with Crippen molar-refractivity contribution in [1.82, 2.24) is 4.90 Å². The molecule has 0 bridgehead atoms. The van der Waals surface area contributed by atoms with E-state index in [2.05, 4.69) is 18.7 Å². The van der Waals surface area contributed by atoms with E-state index in [-0.39, 0.29) is 5.60 Å². The molecule has 0 aromatic heterocycles. The van der Waals surface area contributed by atoms with Crippen LogP contribution in [0.25, 0.3) is 0 Å². The fourth-order valence-electron chi connectivity index (χ4n) is 2.03. The van der Waals surface area contributed by atoms with Gasteiger partial charge in [0.05, 0.1) is 5.60 Å². The Kier molecular flexibility index (Phi) is 3.53. The number of hydrogen-bond donors (Lipinski definition) is 0. The molecule has 0 radical (unpaired) electrons. The van der Waals surface area contributed by atoms with Gasteiger partial charge in [0, 0.05) is 20.2 Å². The number of likely N-dealkylation sites (tertiary alicyclic amines) is 1. The Morgan fingerprint density at radius 1 is 1.42 bits per heavy atom. The lowest BCUT2D eigenvalue weighted by Crippen LogP contribution is -2.34. The summed E-state index contributed by atoms with van der Waals surface area (Å²) in [4.78, 5) is 2.51. The zero-order valence-electron chi connectivity index (χ0n) is 8.60. The molecule has 1 heterocycles. The standard InChI is InChI=1S/C10H21NO/c1-4-7-11-8-6-10(5-2,9-11)12-3/h4-9H2,1-3H3. The van der Waals surface area contributed by atoms with E-state index in [9.17, 15) is 0 Å². The summed E-state index contributed by atoms with van der Waals surface area (Å²) in [6.45, 7) is 8.03. The molecule has 1 saturated heterocycles. The van der Waals surface area contributed by atoms with Crippen LogP contribution in [0.15, 0.2) is 0 Å². The first-order chi connectivity index (χ1) is 5.76. The van der Waals surface area contributed by atoms with Crippen LogP contribution >= 0.6 is 0 Å². The Bertz CT molecular complexity index is 132. The van der Waals surface area contributed by atoms with Crippen molar-refractivity contribution >= 4 is 0 Å². The molecule has 0 amide bonds. The summed E-state index contributed by atoms with van der Waals surface area (Å²) in [5.74, 6) is 0. The van der Waals surface area contributed by atoms with Gasteiger partial charge in [-0.15, -0.1) is 0 Å². The van der Waals surface area contributed by atoms with Crippen molar-refractivity contribution in [2.75, 3.05) is 26.7 Å². The summed E-state index contributed by atoms with van der Waals surface area (Å²) in [6.07, 6.45) is 3.60. The maximum atomic E-state index is 5.58. The number of nitrogens with zero attached hydrogens (tertiary/aromatic N) is 1. The van der Waals surface area contributed by atoms with Crippen LogP contribution < -0.4 is 0 Å². The van der Waals surface area contributed by atoms with Gasteiger partial charge in [-0.25, -0.2) is 0 Å². The molecule has 0 N–H and O–H groups in total. The third kappa shape index (κ3) is 1.99. The van der Waals surface area contributed by atoms with Crippen LogP contribution in [0.2, 0.25) is 0 Å². The highest BCUT2D eigenvalue weighted by molar-refractivity contribution is 4.90. The highest BCUT2D eigenvalue weighted by atomic mass is 16.5. The Labute approximate surface area is 75.9 Å². The van der Waals surface area contributed by atoms with E-state index in [1.54, 1.807) is 0 Å². The van der Waals surface area contributed by atoms with Gasteiger partial charge in [-0.2, -0.15) is 0 Å². The SMILES string of the molecule is CCCN1CCC(CC)(OC)C1. The van der Waals surface area contributed by atoms with Gasteiger partial charge in [-0.3, -0.25) is 0 Å². The number of rotatable bonds is 4. The smallest absolute Gasteiger partial charge is 0.0814 e. The van der Waals surface area contributed by atoms with Crippen LogP contribution in [-0.4, -0.2) is 37.2 Å². The Hall–Kier alpha value is -0.0800. The molecule has 1 aliphatic rings. The Morgan fingerprint density at radius 3 is 2.58 bits per heavy atom. The van der Waals surface area contributed by atoms with Gasteiger partial charge in [0.25, 0.3) is 0 Å². The molecule has 72 valence electrons. The molecule has 1 atom stereocenters. The summed E-state index contributed by atoms with van der Waals surface area (Å²) < 4.78 is 5.58. The van der Waals surface area contributed by atoms with Crippen LogP contribution in [0.4, 0.5) is 0 Å². The van der Waals surface area contributed by atoms with E-state index in [1.807, 2.05) is 7.11 Å². The molecule has 0 spiro atoms. The fourth-order valence-corrected chi connectivity index (χ4v) is 2.03. The first kappa shape index (κ1) is 10.0. The van der Waals surface area contributed by atoms with Gasteiger partial charge in [-0.1, -0.05) is 13.8 Å². The summed E-state index contributed by atoms with van der Waals surface area (Å²) in [6, 6.07) is 0. The van der Waals surface area contributed by atoms with Gasteiger partial charge in [0.15, 0.2) is 0 Å². The highest BCUT2D eigenvalue weighted by Crippen LogP contribution is 2.27. The van der Waals surface area contributed by atoms with E-state index in [4.69, 9.17) is 4.74 Å². The molecular weight excluding hydrogens is 150 g/mol. The monoisotopic (exact) mass is 171 g/mol. The molecule has 1 fully saturated rings. The maximum Gasteiger partial charge on any atom is 0.0814 e. The summed E-state index contributed by atoms with van der Waals surface area (Å²) in [5.41, 5.74) is 0.176. The molecule has 0 aromatic carbocycles. The van der Waals surface area contributed by atoms with Crippen molar-refractivity contribution in [2.24, 2.45) is 0 Å². The molecule has 0 aliphatic carbocycles. The molecule has 1 unspecified atom stereocenters. The molecule has 2 nitrogen and oxygen atoms in total. The van der Waals surface area contributed by atoms with Gasteiger partial charge in [0.1, 0.15) is 0 Å². The predicted octanol–water partition coefficient (Wildman–Crippen LogP) is 1.90. The normalized spacial score (nSPS) is 31.2. The minimum Gasteiger partial charge on any atom is -0.377 e. The second-order valence-electron chi connectivity index (χ2n) is 3.77. The first-order valence-corrected chi connectivity index (χ1v) is 5.04. The van der Waals surface area contributed by atoms with Crippen LogP contribution in [0, 0.1) is 0 Å². The van der Waals surface area contributed by atoms with Crippen molar-refractivity contribution in [2.45, 2.75) is 38.7 Å². The van der Waals surface area contributed by atoms with E-state index in [0.717, 1.165) is 13.0 Å². The molecule has 1 aliphatic heterocycles. The van der Waals surface area contributed by atoms with Gasteiger partial charge in [-0.05, 0) is 25.8 Å². The highest BCUT2D eigenvalue weighted by Gasteiger charge is 2.35. The summed E-state index contributed by atoms with van der Waals surface area (Å²) >= 11 is 0. The summed E-state index contributed by atoms with van der Waals surface area (Å²) in [5, 5.41) is 0. The predicted molar refractivity (Wildman–Crippen MR) is 51.4 cm³/mol. The third-order valence-corrected chi connectivity index (χ3v) is 3.01. The fraction of sp³-hybridized carbons (Fsp3) is 1.00. The van der Waals surface area contributed by atoms with Gasteiger partial charge >= 0.3 is 0 Å². The lowest BCUT2D eigenvalue weighted by molar-refractivity contribution is -0.00445. The topological polar surface area (TPSA) is 12.5 Å². The molecule has 0 aromatic rings. The van der Waals surface area contributed by atoms with Crippen molar-refractivity contribution in [1.29, 1.82) is 0 Å². The average Bonchev–Trinajstić information content (AvgIpc) is 2.50. The van der Waals surface area contributed by atoms with Crippen molar-refractivity contribution in [3.05, 3.63) is 0 Å². The zero-order chi connectivity index (χ0) is 9.03. The number of hydrogen-bond acceptors (Lipinski definition) is 2. The number of ether oxygens (including phenoxy) is 1. The van der Waals surface area contributed by atoms with E-state index >= 15 is 0 Å². The largest absolute Gasteiger partial charge is 0.377 e. The summed E-state index contributed by atoms with van der Waals surface area (Å²) in [7, 11) is 1.85. The minimum absolute atomic E-state index is 0.176. The Balaban J connectivity index is 2.41. The average molecular weight is 171 g/mol. The van der Waals surface area contributed by atoms with E-state index in [1.165, 1.54) is 25.9 Å².